The van der Waals surface area contributed by atoms with E-state index in [2.05, 4.69) is 10.1 Å². The Hall–Kier alpha value is -1.41. The van der Waals surface area contributed by atoms with Crippen molar-refractivity contribution in [2.24, 2.45) is 0 Å². The molecule has 0 unspecified atom stereocenters. The van der Waals surface area contributed by atoms with Crippen LogP contribution in [0.25, 0.3) is 0 Å². The highest BCUT2D eigenvalue weighted by Crippen LogP contribution is 1.85. The van der Waals surface area contributed by atoms with Crippen molar-refractivity contribution in [3.05, 3.63) is 12.2 Å². The summed E-state index contributed by atoms with van der Waals surface area (Å²) in [5.41, 5.74) is 0. The SMILES string of the molecule is CC.N#Cc1ncn(CCO)n1. The van der Waals surface area contributed by atoms with Crippen LogP contribution in [0.15, 0.2) is 6.33 Å². The fourth-order valence-corrected chi connectivity index (χ4v) is 0.556. The maximum atomic E-state index is 8.43. The van der Waals surface area contributed by atoms with Crippen LogP contribution in [0.2, 0.25) is 0 Å². The quantitative estimate of drug-likeness (QED) is 0.683. The fraction of sp³-hybridized carbons (Fsp3) is 0.571. The lowest BCUT2D eigenvalue weighted by atomic mass is 10.7. The predicted molar refractivity (Wildman–Crippen MR) is 43.2 cm³/mol. The molecule has 0 amide bonds. The van der Waals surface area contributed by atoms with Gasteiger partial charge in [0.15, 0.2) is 0 Å². The van der Waals surface area contributed by atoms with E-state index in [1.54, 1.807) is 6.07 Å². The summed E-state index contributed by atoms with van der Waals surface area (Å²) in [6.07, 6.45) is 1.41. The third-order valence-electron chi connectivity index (χ3n) is 0.966. The van der Waals surface area contributed by atoms with E-state index in [0.717, 1.165) is 0 Å². The minimum atomic E-state index is 0.00816. The van der Waals surface area contributed by atoms with E-state index in [0.29, 0.717) is 6.54 Å². The van der Waals surface area contributed by atoms with E-state index < -0.39 is 0 Å². The van der Waals surface area contributed by atoms with E-state index in [-0.39, 0.29) is 12.4 Å². The van der Waals surface area contributed by atoms with Gasteiger partial charge in [0.05, 0.1) is 13.2 Å². The summed E-state index contributed by atoms with van der Waals surface area (Å²) in [6, 6.07) is 1.78. The molecule has 0 bridgehead atoms. The number of aliphatic hydroxyl groups is 1. The van der Waals surface area contributed by atoms with Gasteiger partial charge in [-0.3, -0.25) is 0 Å². The van der Waals surface area contributed by atoms with E-state index >= 15 is 0 Å². The highest BCUT2D eigenvalue weighted by atomic mass is 16.3. The molecule has 0 atom stereocenters. The zero-order valence-corrected chi connectivity index (χ0v) is 7.23. The Morgan fingerprint density at radius 2 is 2.33 bits per heavy atom. The topological polar surface area (TPSA) is 74.7 Å². The monoisotopic (exact) mass is 168 g/mol. The molecule has 1 heterocycles. The second-order valence-electron chi connectivity index (χ2n) is 1.67. The molecular formula is C7H12N4O. The first-order valence-corrected chi connectivity index (χ1v) is 3.77. The van der Waals surface area contributed by atoms with Gasteiger partial charge in [-0.05, 0) is 0 Å². The first-order chi connectivity index (χ1) is 5.86. The summed E-state index contributed by atoms with van der Waals surface area (Å²) >= 11 is 0. The van der Waals surface area contributed by atoms with E-state index in [1.165, 1.54) is 11.0 Å². The third kappa shape index (κ3) is 3.12. The van der Waals surface area contributed by atoms with Crippen molar-refractivity contribution < 1.29 is 5.11 Å². The molecule has 0 aliphatic rings. The largest absolute Gasteiger partial charge is 0.394 e. The fourth-order valence-electron chi connectivity index (χ4n) is 0.556. The van der Waals surface area contributed by atoms with Gasteiger partial charge in [-0.25, -0.2) is 9.67 Å². The number of aromatic nitrogens is 3. The summed E-state index contributed by atoms with van der Waals surface area (Å²) in [6.45, 7) is 4.39. The van der Waals surface area contributed by atoms with Crippen molar-refractivity contribution in [3.8, 4) is 6.07 Å². The van der Waals surface area contributed by atoms with Crippen LogP contribution in [0, 0.1) is 11.3 Å². The first-order valence-electron chi connectivity index (χ1n) is 3.77. The molecule has 0 saturated heterocycles. The second-order valence-corrected chi connectivity index (χ2v) is 1.67. The number of hydrogen-bond donors (Lipinski definition) is 1. The van der Waals surface area contributed by atoms with Gasteiger partial charge in [0.25, 0.3) is 5.82 Å². The summed E-state index contributed by atoms with van der Waals surface area (Å²) in [5.74, 6) is 0.133. The van der Waals surface area contributed by atoms with Gasteiger partial charge in [-0.15, -0.1) is 5.10 Å². The molecule has 0 spiro atoms. The van der Waals surface area contributed by atoms with Gasteiger partial charge in [0, 0.05) is 0 Å². The van der Waals surface area contributed by atoms with Crippen molar-refractivity contribution in [2.45, 2.75) is 20.4 Å². The molecule has 1 rings (SSSR count). The Bertz CT molecular complexity index is 250. The third-order valence-corrected chi connectivity index (χ3v) is 0.966. The zero-order chi connectivity index (χ0) is 9.40. The van der Waals surface area contributed by atoms with Crippen molar-refractivity contribution in [3.63, 3.8) is 0 Å². The molecule has 1 N–H and O–H groups in total. The van der Waals surface area contributed by atoms with Crippen LogP contribution in [0.4, 0.5) is 0 Å². The molecule has 66 valence electrons. The molecule has 12 heavy (non-hydrogen) atoms. The standard InChI is InChI=1S/C5H6N4O.C2H6/c6-3-5-7-4-9(8-5)1-2-10;1-2/h4,10H,1-2H2;1-2H3. The molecule has 0 aliphatic heterocycles. The predicted octanol–water partition coefficient (Wildman–Crippen LogP) is 0.168. The zero-order valence-electron chi connectivity index (χ0n) is 7.23. The van der Waals surface area contributed by atoms with Crippen molar-refractivity contribution in [2.75, 3.05) is 6.61 Å². The summed E-state index contributed by atoms with van der Waals surface area (Å²) < 4.78 is 1.42. The Morgan fingerprint density at radius 3 is 2.75 bits per heavy atom. The molecule has 1 aromatic rings. The van der Waals surface area contributed by atoms with Crippen LogP contribution >= 0.6 is 0 Å². The van der Waals surface area contributed by atoms with Crippen LogP contribution in [0.5, 0.6) is 0 Å². The molecule has 0 saturated carbocycles. The Balaban J connectivity index is 0.000000561. The Kier molecular flexibility index (Phi) is 5.57. The van der Waals surface area contributed by atoms with Gasteiger partial charge in [-0.2, -0.15) is 5.26 Å². The van der Waals surface area contributed by atoms with Crippen molar-refractivity contribution in [1.29, 1.82) is 5.26 Å². The van der Waals surface area contributed by atoms with Crippen LogP contribution in [-0.4, -0.2) is 26.5 Å². The maximum Gasteiger partial charge on any atom is 0.252 e. The number of aliphatic hydroxyl groups excluding tert-OH is 1. The molecule has 0 radical (unpaired) electrons. The van der Waals surface area contributed by atoms with Crippen LogP contribution < -0.4 is 0 Å². The van der Waals surface area contributed by atoms with Gasteiger partial charge in [0.1, 0.15) is 12.4 Å². The van der Waals surface area contributed by atoms with E-state index in [9.17, 15) is 0 Å². The summed E-state index contributed by atoms with van der Waals surface area (Å²) in [4.78, 5) is 3.63. The van der Waals surface area contributed by atoms with E-state index in [1.807, 2.05) is 13.8 Å². The van der Waals surface area contributed by atoms with Crippen molar-refractivity contribution in [1.82, 2.24) is 14.8 Å². The normalized spacial score (nSPS) is 8.17. The van der Waals surface area contributed by atoms with Gasteiger partial charge >= 0.3 is 0 Å². The summed E-state index contributed by atoms with van der Waals surface area (Å²) in [5, 5.41) is 20.4. The molecule has 0 aliphatic carbocycles. The highest BCUT2D eigenvalue weighted by Gasteiger charge is 1.95. The lowest BCUT2D eigenvalue weighted by Gasteiger charge is -1.91. The van der Waals surface area contributed by atoms with Gasteiger partial charge < -0.3 is 5.11 Å². The highest BCUT2D eigenvalue weighted by molar-refractivity contribution is 5.05. The van der Waals surface area contributed by atoms with E-state index in [4.69, 9.17) is 10.4 Å². The summed E-state index contributed by atoms with van der Waals surface area (Å²) in [7, 11) is 0. The molecule has 0 fully saturated rings. The Morgan fingerprint density at radius 1 is 1.67 bits per heavy atom. The molecule has 5 heteroatoms. The number of nitriles is 1. The minimum Gasteiger partial charge on any atom is -0.394 e. The minimum absolute atomic E-state index is 0.00816. The lowest BCUT2D eigenvalue weighted by molar-refractivity contribution is 0.269. The first kappa shape index (κ1) is 10.6. The van der Waals surface area contributed by atoms with Crippen LogP contribution in [0.1, 0.15) is 19.7 Å². The smallest absolute Gasteiger partial charge is 0.252 e. The molecule has 0 aromatic carbocycles. The number of nitrogens with zero attached hydrogens (tertiary/aromatic N) is 4. The average molecular weight is 168 g/mol. The van der Waals surface area contributed by atoms with Gasteiger partial charge in [0.2, 0.25) is 0 Å². The molecular weight excluding hydrogens is 156 g/mol. The lowest BCUT2D eigenvalue weighted by Crippen LogP contribution is -2.02. The maximum absolute atomic E-state index is 8.43. The number of rotatable bonds is 2. The van der Waals surface area contributed by atoms with Crippen LogP contribution in [0.3, 0.4) is 0 Å². The average Bonchev–Trinajstić information content (AvgIpc) is 2.57. The molecule has 1 aromatic heterocycles. The second kappa shape index (κ2) is 6.31. The van der Waals surface area contributed by atoms with Crippen LogP contribution in [-0.2, 0) is 6.54 Å². The number of hydrogen-bond acceptors (Lipinski definition) is 4. The van der Waals surface area contributed by atoms with Crippen molar-refractivity contribution >= 4 is 0 Å². The molecule has 5 nitrogen and oxygen atoms in total. The Labute approximate surface area is 71.3 Å². The van der Waals surface area contributed by atoms with Gasteiger partial charge in [-0.1, -0.05) is 13.8 Å².